The van der Waals surface area contributed by atoms with Crippen LogP contribution in [0.25, 0.3) is 0 Å². The largest absolute Gasteiger partial charge is 0.495 e. The van der Waals surface area contributed by atoms with Gasteiger partial charge in [-0.25, -0.2) is 13.8 Å². The van der Waals surface area contributed by atoms with Crippen LogP contribution in [0.15, 0.2) is 54.7 Å². The van der Waals surface area contributed by atoms with Crippen LogP contribution in [-0.4, -0.2) is 18.0 Å². The monoisotopic (exact) mass is 389 g/mol. The summed E-state index contributed by atoms with van der Waals surface area (Å²) in [5.41, 5.74) is 0.706. The average Bonchev–Trinajstić information content (AvgIpc) is 2.65. The molecule has 0 spiro atoms. The van der Waals surface area contributed by atoms with Gasteiger partial charge in [-0.1, -0.05) is 11.6 Å². The molecule has 1 aromatic heterocycles. The van der Waals surface area contributed by atoms with E-state index in [1.165, 1.54) is 19.4 Å². The Kier molecular flexibility index (Phi) is 5.52. The number of carbonyl (C=O) groups is 1. The van der Waals surface area contributed by atoms with Crippen LogP contribution in [0.1, 0.15) is 10.4 Å². The third kappa shape index (κ3) is 4.51. The maximum atomic E-state index is 13.6. The van der Waals surface area contributed by atoms with Crippen molar-refractivity contribution in [1.82, 2.24) is 4.98 Å². The lowest BCUT2D eigenvalue weighted by Crippen LogP contribution is -2.13. The summed E-state index contributed by atoms with van der Waals surface area (Å²) in [6.45, 7) is 0. The molecule has 0 saturated heterocycles. The Hall–Kier alpha value is -3.19. The second-order valence-corrected chi connectivity index (χ2v) is 5.92. The molecule has 0 bridgehead atoms. The van der Waals surface area contributed by atoms with Crippen LogP contribution >= 0.6 is 11.6 Å². The van der Waals surface area contributed by atoms with Crippen molar-refractivity contribution in [1.29, 1.82) is 0 Å². The lowest BCUT2D eigenvalue weighted by molar-refractivity contribution is 0.102. The number of nitrogens with one attached hydrogen (secondary N) is 2. The van der Waals surface area contributed by atoms with Crippen molar-refractivity contribution >= 4 is 34.7 Å². The number of halogens is 3. The number of nitrogens with zero attached hydrogens (tertiary/aromatic N) is 1. The predicted octanol–water partition coefficient (Wildman–Crippen LogP) is 5.02. The van der Waals surface area contributed by atoms with Crippen LogP contribution < -0.4 is 15.4 Å². The van der Waals surface area contributed by atoms with Crippen LogP contribution in [0.4, 0.5) is 26.0 Å². The highest BCUT2D eigenvalue weighted by molar-refractivity contribution is 6.31. The van der Waals surface area contributed by atoms with E-state index in [0.29, 0.717) is 28.3 Å². The minimum absolute atomic E-state index is 0.118. The first-order valence-electron chi connectivity index (χ1n) is 7.79. The van der Waals surface area contributed by atoms with Crippen molar-refractivity contribution in [3.05, 3.63) is 76.9 Å². The molecule has 0 radical (unpaired) electrons. The second-order valence-electron chi connectivity index (χ2n) is 5.48. The zero-order valence-corrected chi connectivity index (χ0v) is 14.8. The number of hydrogen-bond acceptors (Lipinski definition) is 4. The SMILES string of the molecule is COc1ccc(Cl)cc1Nc1ccc(C(=O)Nc2ccc(F)cc2F)cn1. The molecular formula is C19H14ClF2N3O2. The number of pyridine rings is 1. The second kappa shape index (κ2) is 8.01. The fraction of sp³-hybridized carbons (Fsp3) is 0.0526. The van der Waals surface area contributed by atoms with Gasteiger partial charge in [0.15, 0.2) is 0 Å². The average molecular weight is 390 g/mol. The lowest BCUT2D eigenvalue weighted by Gasteiger charge is -2.11. The lowest BCUT2D eigenvalue weighted by atomic mass is 10.2. The van der Waals surface area contributed by atoms with Gasteiger partial charge in [-0.05, 0) is 42.5 Å². The standard InChI is InChI=1S/C19H14ClF2N3O2/c1-27-17-6-3-12(20)8-16(17)24-18-7-2-11(10-23-18)19(26)25-15-5-4-13(21)9-14(15)22/h2-10H,1H3,(H,23,24)(H,25,26). The summed E-state index contributed by atoms with van der Waals surface area (Å²) >= 11 is 5.98. The minimum atomic E-state index is -0.859. The molecule has 0 aliphatic rings. The maximum Gasteiger partial charge on any atom is 0.257 e. The van der Waals surface area contributed by atoms with Gasteiger partial charge in [0, 0.05) is 17.3 Å². The van der Waals surface area contributed by atoms with Gasteiger partial charge in [-0.15, -0.1) is 0 Å². The Morgan fingerprint density at radius 3 is 2.56 bits per heavy atom. The summed E-state index contributed by atoms with van der Waals surface area (Å²) in [5, 5.41) is 5.94. The number of anilines is 3. The van der Waals surface area contributed by atoms with E-state index >= 15 is 0 Å². The number of methoxy groups -OCH3 is 1. The van der Waals surface area contributed by atoms with Gasteiger partial charge < -0.3 is 15.4 Å². The van der Waals surface area contributed by atoms with E-state index in [-0.39, 0.29) is 11.3 Å². The first-order chi connectivity index (χ1) is 13.0. The normalized spacial score (nSPS) is 10.4. The van der Waals surface area contributed by atoms with E-state index in [0.717, 1.165) is 12.1 Å². The van der Waals surface area contributed by atoms with Crippen molar-refractivity contribution in [3.63, 3.8) is 0 Å². The minimum Gasteiger partial charge on any atom is -0.495 e. The van der Waals surface area contributed by atoms with Gasteiger partial charge in [0.25, 0.3) is 5.91 Å². The fourth-order valence-corrected chi connectivity index (χ4v) is 2.48. The molecule has 0 unspecified atom stereocenters. The maximum absolute atomic E-state index is 13.6. The Morgan fingerprint density at radius 2 is 1.89 bits per heavy atom. The molecule has 0 fully saturated rings. The summed E-state index contributed by atoms with van der Waals surface area (Å²) in [5.74, 6) is -1.11. The van der Waals surface area contributed by atoms with E-state index in [2.05, 4.69) is 15.6 Å². The molecule has 2 aromatic carbocycles. The van der Waals surface area contributed by atoms with Crippen LogP contribution in [0.3, 0.4) is 0 Å². The Balaban J connectivity index is 1.73. The molecule has 8 heteroatoms. The molecule has 1 heterocycles. The van der Waals surface area contributed by atoms with Crippen LogP contribution in [0.5, 0.6) is 5.75 Å². The van der Waals surface area contributed by atoms with Crippen molar-refractivity contribution < 1.29 is 18.3 Å². The molecule has 27 heavy (non-hydrogen) atoms. The van der Waals surface area contributed by atoms with Crippen LogP contribution in [-0.2, 0) is 0 Å². The van der Waals surface area contributed by atoms with Crippen molar-refractivity contribution in [2.45, 2.75) is 0 Å². The fourth-order valence-electron chi connectivity index (χ4n) is 2.30. The van der Waals surface area contributed by atoms with E-state index in [1.807, 2.05) is 0 Å². The van der Waals surface area contributed by atoms with Gasteiger partial charge in [0.05, 0.1) is 24.0 Å². The van der Waals surface area contributed by atoms with E-state index in [9.17, 15) is 13.6 Å². The van der Waals surface area contributed by atoms with Crippen molar-refractivity contribution in [3.8, 4) is 5.75 Å². The van der Waals surface area contributed by atoms with Gasteiger partial charge in [0.1, 0.15) is 23.2 Å². The molecule has 0 aliphatic heterocycles. The Bertz CT molecular complexity index is 981. The Labute approximate surface area is 159 Å². The molecule has 138 valence electrons. The molecule has 3 aromatic rings. The first kappa shape index (κ1) is 18.6. The number of hydrogen-bond donors (Lipinski definition) is 2. The summed E-state index contributed by atoms with van der Waals surface area (Å²) < 4.78 is 31.8. The molecule has 3 rings (SSSR count). The molecule has 0 atom stereocenters. The number of aromatic nitrogens is 1. The van der Waals surface area contributed by atoms with Crippen LogP contribution in [0, 0.1) is 11.6 Å². The number of ether oxygens (including phenoxy) is 1. The van der Waals surface area contributed by atoms with Crippen LogP contribution in [0.2, 0.25) is 5.02 Å². The third-order valence-corrected chi connectivity index (χ3v) is 3.86. The van der Waals surface area contributed by atoms with Gasteiger partial charge in [-0.3, -0.25) is 4.79 Å². The van der Waals surface area contributed by atoms with Gasteiger partial charge in [-0.2, -0.15) is 0 Å². The summed E-state index contributed by atoms with van der Waals surface area (Å²) in [4.78, 5) is 16.4. The van der Waals surface area contributed by atoms with Gasteiger partial charge >= 0.3 is 0 Å². The highest BCUT2D eigenvalue weighted by Gasteiger charge is 2.11. The van der Waals surface area contributed by atoms with Crippen molar-refractivity contribution in [2.75, 3.05) is 17.7 Å². The number of benzene rings is 2. The Morgan fingerprint density at radius 1 is 1.07 bits per heavy atom. The number of carbonyl (C=O) groups excluding carboxylic acids is 1. The molecule has 2 N–H and O–H groups in total. The molecule has 5 nitrogen and oxygen atoms in total. The van der Waals surface area contributed by atoms with E-state index in [4.69, 9.17) is 16.3 Å². The summed E-state index contributed by atoms with van der Waals surface area (Å²) in [7, 11) is 1.53. The summed E-state index contributed by atoms with van der Waals surface area (Å²) in [6, 6.07) is 11.1. The number of rotatable bonds is 5. The smallest absolute Gasteiger partial charge is 0.257 e. The molecule has 0 saturated carbocycles. The topological polar surface area (TPSA) is 63.2 Å². The zero-order chi connectivity index (χ0) is 19.4. The highest BCUT2D eigenvalue weighted by atomic mass is 35.5. The third-order valence-electron chi connectivity index (χ3n) is 3.63. The van der Waals surface area contributed by atoms with Crippen molar-refractivity contribution in [2.24, 2.45) is 0 Å². The molecular weight excluding hydrogens is 376 g/mol. The van der Waals surface area contributed by atoms with Gasteiger partial charge in [0.2, 0.25) is 0 Å². The molecule has 1 amide bonds. The van der Waals surface area contributed by atoms with E-state index in [1.54, 1.807) is 24.3 Å². The highest BCUT2D eigenvalue weighted by Crippen LogP contribution is 2.30. The predicted molar refractivity (Wildman–Crippen MR) is 99.8 cm³/mol. The zero-order valence-electron chi connectivity index (χ0n) is 14.1. The molecule has 0 aliphatic carbocycles. The number of amides is 1. The quantitative estimate of drug-likeness (QED) is 0.643. The first-order valence-corrected chi connectivity index (χ1v) is 8.17. The summed E-state index contributed by atoms with van der Waals surface area (Å²) in [6.07, 6.45) is 1.33. The van der Waals surface area contributed by atoms with E-state index < -0.39 is 17.5 Å².